The molecule has 0 fully saturated rings. The number of benzene rings is 1. The summed E-state index contributed by atoms with van der Waals surface area (Å²) < 4.78 is 45.8. The lowest BCUT2D eigenvalue weighted by Gasteiger charge is -2.14. The fraction of sp³-hybridized carbons (Fsp3) is 0.312. The third kappa shape index (κ3) is 4.20. The van der Waals surface area contributed by atoms with E-state index >= 15 is 0 Å². The van der Waals surface area contributed by atoms with Gasteiger partial charge in [-0.2, -0.15) is 18.3 Å². The SMILES string of the molecule is COC(CNC(=O)c1cnn(-c2ccc(C)cc2)c1C(F)(F)F)C(=O)O. The first kappa shape index (κ1) is 19.4. The second-order valence-corrected chi connectivity index (χ2v) is 5.42. The van der Waals surface area contributed by atoms with Crippen LogP contribution in [-0.2, 0) is 15.7 Å². The first-order valence-corrected chi connectivity index (χ1v) is 7.41. The highest BCUT2D eigenvalue weighted by Crippen LogP contribution is 2.33. The number of hydrogen-bond donors (Lipinski definition) is 2. The number of carboxylic acid groups (broad SMARTS) is 1. The molecule has 10 heteroatoms. The number of carboxylic acids is 1. The molecule has 0 aliphatic carbocycles. The third-order valence-electron chi connectivity index (χ3n) is 3.57. The minimum absolute atomic E-state index is 0.141. The maximum Gasteiger partial charge on any atom is 0.434 e. The van der Waals surface area contributed by atoms with E-state index in [0.717, 1.165) is 18.9 Å². The van der Waals surface area contributed by atoms with Crippen LogP contribution in [0, 0.1) is 6.92 Å². The van der Waals surface area contributed by atoms with Crippen LogP contribution in [0.1, 0.15) is 21.6 Å². The van der Waals surface area contributed by atoms with Gasteiger partial charge in [0.15, 0.2) is 11.8 Å². The monoisotopic (exact) mass is 371 g/mol. The van der Waals surface area contributed by atoms with E-state index in [-0.39, 0.29) is 5.69 Å². The van der Waals surface area contributed by atoms with Crippen LogP contribution in [0.2, 0.25) is 0 Å². The lowest BCUT2D eigenvalue weighted by atomic mass is 10.2. The van der Waals surface area contributed by atoms with Gasteiger partial charge in [0.2, 0.25) is 0 Å². The second kappa shape index (κ2) is 7.56. The van der Waals surface area contributed by atoms with Gasteiger partial charge in [-0.3, -0.25) is 4.79 Å². The molecule has 2 aromatic rings. The van der Waals surface area contributed by atoms with Crippen LogP contribution in [-0.4, -0.2) is 46.5 Å². The van der Waals surface area contributed by atoms with Gasteiger partial charge >= 0.3 is 12.1 Å². The molecule has 0 spiro atoms. The summed E-state index contributed by atoms with van der Waals surface area (Å²) >= 11 is 0. The van der Waals surface area contributed by atoms with E-state index < -0.39 is 42.0 Å². The van der Waals surface area contributed by atoms with Gasteiger partial charge < -0.3 is 15.2 Å². The number of rotatable bonds is 6. The van der Waals surface area contributed by atoms with Crippen LogP contribution in [0.25, 0.3) is 5.69 Å². The summed E-state index contributed by atoms with van der Waals surface area (Å²) in [7, 11) is 1.11. The van der Waals surface area contributed by atoms with Crippen LogP contribution in [0.4, 0.5) is 13.2 Å². The lowest BCUT2D eigenvalue weighted by molar-refractivity contribution is -0.148. The van der Waals surface area contributed by atoms with Gasteiger partial charge in [-0.15, -0.1) is 0 Å². The summed E-state index contributed by atoms with van der Waals surface area (Å²) in [5, 5.41) is 14.6. The predicted octanol–water partition coefficient (Wildman–Crippen LogP) is 2.03. The van der Waals surface area contributed by atoms with Crippen LogP contribution < -0.4 is 5.32 Å². The first-order chi connectivity index (χ1) is 12.1. The van der Waals surface area contributed by atoms with E-state index in [2.05, 4.69) is 15.2 Å². The number of aromatic nitrogens is 2. The highest BCUT2D eigenvalue weighted by Gasteiger charge is 2.40. The highest BCUT2D eigenvalue weighted by molar-refractivity contribution is 5.95. The molecular formula is C16H16F3N3O4. The minimum atomic E-state index is -4.85. The number of carbonyl (C=O) groups excluding carboxylic acids is 1. The zero-order valence-corrected chi connectivity index (χ0v) is 13.9. The number of aryl methyl sites for hydroxylation is 1. The number of aliphatic carboxylic acids is 1. The molecule has 1 aromatic carbocycles. The van der Waals surface area contributed by atoms with Crippen molar-refractivity contribution in [1.29, 1.82) is 0 Å². The normalized spacial score (nSPS) is 12.7. The van der Waals surface area contributed by atoms with E-state index in [4.69, 9.17) is 5.11 Å². The van der Waals surface area contributed by atoms with Crippen molar-refractivity contribution in [2.75, 3.05) is 13.7 Å². The van der Waals surface area contributed by atoms with E-state index in [9.17, 15) is 22.8 Å². The number of amides is 1. The third-order valence-corrected chi connectivity index (χ3v) is 3.57. The molecule has 0 aliphatic rings. The topological polar surface area (TPSA) is 93.5 Å². The first-order valence-electron chi connectivity index (χ1n) is 7.41. The molecule has 2 rings (SSSR count). The highest BCUT2D eigenvalue weighted by atomic mass is 19.4. The Morgan fingerprint density at radius 2 is 1.92 bits per heavy atom. The summed E-state index contributed by atoms with van der Waals surface area (Å²) in [5.41, 5.74) is -0.963. The fourth-order valence-corrected chi connectivity index (χ4v) is 2.22. The molecule has 7 nitrogen and oxygen atoms in total. The lowest BCUT2D eigenvalue weighted by Crippen LogP contribution is -2.38. The number of ether oxygens (including phenoxy) is 1. The number of carbonyl (C=O) groups is 2. The Morgan fingerprint density at radius 1 is 1.31 bits per heavy atom. The van der Waals surface area contributed by atoms with Gasteiger partial charge in [0, 0.05) is 7.11 Å². The molecule has 1 amide bonds. The Hall–Kier alpha value is -2.88. The molecule has 1 aromatic heterocycles. The predicted molar refractivity (Wildman–Crippen MR) is 84.1 cm³/mol. The molecule has 0 bridgehead atoms. The maximum atomic E-state index is 13.5. The van der Waals surface area contributed by atoms with E-state index in [0.29, 0.717) is 4.68 Å². The summed E-state index contributed by atoms with van der Waals surface area (Å²) in [5.74, 6) is -2.45. The fourth-order valence-electron chi connectivity index (χ4n) is 2.22. The Balaban J connectivity index is 2.36. The van der Waals surface area contributed by atoms with Crippen molar-refractivity contribution in [3.63, 3.8) is 0 Å². The summed E-state index contributed by atoms with van der Waals surface area (Å²) in [6, 6.07) is 6.13. The van der Waals surface area contributed by atoms with Gasteiger partial charge in [0.25, 0.3) is 5.91 Å². The quantitative estimate of drug-likeness (QED) is 0.811. The molecule has 2 N–H and O–H groups in total. The molecule has 0 saturated carbocycles. The number of methoxy groups -OCH3 is 1. The van der Waals surface area contributed by atoms with Crippen molar-refractivity contribution in [2.24, 2.45) is 0 Å². The van der Waals surface area contributed by atoms with Crippen LogP contribution in [0.5, 0.6) is 0 Å². The number of nitrogens with zero attached hydrogens (tertiary/aromatic N) is 2. The molecule has 0 radical (unpaired) electrons. The molecule has 1 atom stereocenters. The smallest absolute Gasteiger partial charge is 0.434 e. The standard InChI is InChI=1S/C16H16F3N3O4/c1-9-3-5-10(6-4-9)22-13(16(17,18)19)11(7-21-22)14(23)20-8-12(26-2)15(24)25/h3-7,12H,8H2,1-2H3,(H,20,23)(H,24,25). The largest absolute Gasteiger partial charge is 0.479 e. The van der Waals surface area contributed by atoms with Crippen molar-refractivity contribution in [2.45, 2.75) is 19.2 Å². The van der Waals surface area contributed by atoms with E-state index in [1.807, 2.05) is 0 Å². The number of halogens is 3. The van der Waals surface area contributed by atoms with Gasteiger partial charge in [-0.25, -0.2) is 9.48 Å². The summed E-state index contributed by atoms with van der Waals surface area (Å²) in [4.78, 5) is 23.0. The average molecular weight is 371 g/mol. The van der Waals surface area contributed by atoms with Crippen molar-refractivity contribution >= 4 is 11.9 Å². The molecule has 140 valence electrons. The van der Waals surface area contributed by atoms with Crippen LogP contribution in [0.15, 0.2) is 30.5 Å². The molecule has 0 aliphatic heterocycles. The van der Waals surface area contributed by atoms with Crippen LogP contribution >= 0.6 is 0 Å². The Labute approximate surface area is 146 Å². The molecular weight excluding hydrogens is 355 g/mol. The molecule has 1 heterocycles. The minimum Gasteiger partial charge on any atom is -0.479 e. The Morgan fingerprint density at radius 3 is 2.42 bits per heavy atom. The number of alkyl halides is 3. The Kier molecular flexibility index (Phi) is 5.66. The second-order valence-electron chi connectivity index (χ2n) is 5.42. The van der Waals surface area contributed by atoms with Gasteiger partial charge in [-0.05, 0) is 19.1 Å². The number of nitrogens with one attached hydrogen (secondary N) is 1. The van der Waals surface area contributed by atoms with Crippen molar-refractivity contribution in [1.82, 2.24) is 15.1 Å². The number of hydrogen-bond acceptors (Lipinski definition) is 4. The zero-order chi connectivity index (χ0) is 19.5. The summed E-state index contributed by atoms with van der Waals surface area (Å²) in [6.07, 6.45) is -5.43. The van der Waals surface area contributed by atoms with Crippen molar-refractivity contribution < 1.29 is 32.6 Å². The van der Waals surface area contributed by atoms with E-state index in [1.54, 1.807) is 19.1 Å². The average Bonchev–Trinajstić information content (AvgIpc) is 3.01. The molecule has 26 heavy (non-hydrogen) atoms. The van der Waals surface area contributed by atoms with Crippen molar-refractivity contribution in [3.8, 4) is 5.69 Å². The zero-order valence-electron chi connectivity index (χ0n) is 13.9. The van der Waals surface area contributed by atoms with E-state index in [1.165, 1.54) is 12.1 Å². The molecule has 1 unspecified atom stereocenters. The summed E-state index contributed by atoms with van der Waals surface area (Å²) in [6.45, 7) is 1.29. The maximum absolute atomic E-state index is 13.5. The van der Waals surface area contributed by atoms with Gasteiger partial charge in [0.1, 0.15) is 0 Å². The Bertz CT molecular complexity index is 800. The van der Waals surface area contributed by atoms with Crippen LogP contribution in [0.3, 0.4) is 0 Å². The molecule has 0 saturated heterocycles. The van der Waals surface area contributed by atoms with Crippen molar-refractivity contribution in [3.05, 3.63) is 47.3 Å². The van der Waals surface area contributed by atoms with Gasteiger partial charge in [0.05, 0.1) is 24.0 Å². The van der Waals surface area contributed by atoms with Gasteiger partial charge in [-0.1, -0.05) is 17.7 Å².